The lowest BCUT2D eigenvalue weighted by Crippen LogP contribution is -2.32. The average Bonchev–Trinajstić information content (AvgIpc) is 2.47. The lowest BCUT2D eigenvalue weighted by Gasteiger charge is -2.10. The summed E-state index contributed by atoms with van der Waals surface area (Å²) in [4.78, 5) is 10.3. The van der Waals surface area contributed by atoms with E-state index < -0.39 is 12.0 Å². The second kappa shape index (κ2) is 2.23. The predicted octanol–water partition coefficient (Wildman–Crippen LogP) is 0.588. The Morgan fingerprint density at radius 3 is 2.60 bits per heavy atom. The van der Waals surface area contributed by atoms with Crippen LogP contribution in [0.5, 0.6) is 0 Å². The van der Waals surface area contributed by atoms with Crippen molar-refractivity contribution in [1.82, 2.24) is 0 Å². The zero-order valence-corrected chi connectivity index (χ0v) is 6.13. The van der Waals surface area contributed by atoms with Crippen LogP contribution in [0.2, 0.25) is 0 Å². The average molecular weight is 143 g/mol. The van der Waals surface area contributed by atoms with Gasteiger partial charge in [0.15, 0.2) is 0 Å². The van der Waals surface area contributed by atoms with Crippen molar-refractivity contribution in [2.24, 2.45) is 11.1 Å². The molecule has 0 aromatic carbocycles. The van der Waals surface area contributed by atoms with Crippen LogP contribution in [0.3, 0.4) is 0 Å². The van der Waals surface area contributed by atoms with Crippen LogP contribution in [0.15, 0.2) is 0 Å². The topological polar surface area (TPSA) is 63.3 Å². The van der Waals surface area contributed by atoms with Crippen molar-refractivity contribution in [3.63, 3.8) is 0 Å². The minimum Gasteiger partial charge on any atom is -0.480 e. The molecule has 0 saturated heterocycles. The fraction of sp³-hybridized carbons (Fsp3) is 0.857. The SMILES string of the molecule is CC1(C[C@@H](N)C(=O)O)CC1. The van der Waals surface area contributed by atoms with Gasteiger partial charge in [0.25, 0.3) is 0 Å². The predicted molar refractivity (Wildman–Crippen MR) is 37.6 cm³/mol. The molecule has 10 heavy (non-hydrogen) atoms. The van der Waals surface area contributed by atoms with Gasteiger partial charge < -0.3 is 10.8 Å². The van der Waals surface area contributed by atoms with E-state index >= 15 is 0 Å². The summed E-state index contributed by atoms with van der Waals surface area (Å²) in [6, 6.07) is -0.660. The maximum atomic E-state index is 10.3. The van der Waals surface area contributed by atoms with Crippen molar-refractivity contribution >= 4 is 5.97 Å². The highest BCUT2D eigenvalue weighted by atomic mass is 16.4. The van der Waals surface area contributed by atoms with E-state index in [-0.39, 0.29) is 5.41 Å². The van der Waals surface area contributed by atoms with E-state index in [1.54, 1.807) is 0 Å². The van der Waals surface area contributed by atoms with Crippen molar-refractivity contribution in [2.45, 2.75) is 32.2 Å². The Balaban J connectivity index is 2.31. The molecular weight excluding hydrogens is 130 g/mol. The first-order valence-electron chi connectivity index (χ1n) is 3.52. The van der Waals surface area contributed by atoms with Gasteiger partial charge in [0.1, 0.15) is 6.04 Å². The lowest BCUT2D eigenvalue weighted by molar-refractivity contribution is -0.139. The summed E-state index contributed by atoms with van der Waals surface area (Å²) in [6.07, 6.45) is 2.89. The lowest BCUT2D eigenvalue weighted by atomic mass is 10.0. The summed E-state index contributed by atoms with van der Waals surface area (Å²) < 4.78 is 0. The van der Waals surface area contributed by atoms with Gasteiger partial charge in [0, 0.05) is 0 Å². The largest absolute Gasteiger partial charge is 0.480 e. The van der Waals surface area contributed by atoms with Gasteiger partial charge >= 0.3 is 5.97 Å². The molecule has 58 valence electrons. The smallest absolute Gasteiger partial charge is 0.320 e. The Morgan fingerprint density at radius 1 is 1.80 bits per heavy atom. The molecule has 0 aromatic rings. The molecule has 1 aliphatic rings. The molecule has 0 bridgehead atoms. The molecule has 1 aliphatic carbocycles. The number of carbonyl (C=O) groups is 1. The number of nitrogens with two attached hydrogens (primary N) is 1. The number of hydrogen-bond donors (Lipinski definition) is 2. The van der Waals surface area contributed by atoms with E-state index in [1.165, 1.54) is 0 Å². The normalized spacial score (nSPS) is 23.8. The van der Waals surface area contributed by atoms with Gasteiger partial charge in [-0.3, -0.25) is 4.79 Å². The van der Waals surface area contributed by atoms with E-state index in [1.807, 2.05) is 0 Å². The van der Waals surface area contributed by atoms with Crippen LogP contribution < -0.4 is 5.73 Å². The molecule has 0 aromatic heterocycles. The quantitative estimate of drug-likeness (QED) is 0.607. The third kappa shape index (κ3) is 1.70. The third-order valence-electron chi connectivity index (χ3n) is 2.13. The first-order chi connectivity index (χ1) is 4.53. The second-order valence-corrected chi connectivity index (χ2v) is 3.46. The molecule has 1 rings (SSSR count). The molecular formula is C7H13NO2. The minimum atomic E-state index is -0.881. The van der Waals surface area contributed by atoms with Crippen LogP contribution >= 0.6 is 0 Å². The van der Waals surface area contributed by atoms with Crippen molar-refractivity contribution in [3.8, 4) is 0 Å². The number of aliphatic carboxylic acids is 1. The van der Waals surface area contributed by atoms with E-state index in [0.29, 0.717) is 6.42 Å². The van der Waals surface area contributed by atoms with Crippen LogP contribution in [0, 0.1) is 5.41 Å². The Kier molecular flexibility index (Phi) is 1.68. The van der Waals surface area contributed by atoms with Crippen LogP contribution in [0.4, 0.5) is 0 Å². The highest BCUT2D eigenvalue weighted by Crippen LogP contribution is 2.48. The molecule has 0 aliphatic heterocycles. The highest BCUT2D eigenvalue weighted by Gasteiger charge is 2.39. The summed E-state index contributed by atoms with van der Waals surface area (Å²) in [6.45, 7) is 2.08. The van der Waals surface area contributed by atoms with E-state index in [4.69, 9.17) is 10.8 Å². The molecule has 0 amide bonds. The van der Waals surface area contributed by atoms with Crippen molar-refractivity contribution in [2.75, 3.05) is 0 Å². The van der Waals surface area contributed by atoms with Gasteiger partial charge in [-0.15, -0.1) is 0 Å². The molecule has 0 spiro atoms. The zero-order valence-electron chi connectivity index (χ0n) is 6.13. The molecule has 3 N–H and O–H groups in total. The van der Waals surface area contributed by atoms with Gasteiger partial charge in [0.2, 0.25) is 0 Å². The number of hydrogen-bond acceptors (Lipinski definition) is 2. The van der Waals surface area contributed by atoms with E-state index in [9.17, 15) is 4.79 Å². The van der Waals surface area contributed by atoms with Crippen LogP contribution in [0.1, 0.15) is 26.2 Å². The molecule has 0 heterocycles. The first-order valence-corrected chi connectivity index (χ1v) is 3.52. The van der Waals surface area contributed by atoms with Gasteiger partial charge in [-0.25, -0.2) is 0 Å². The first kappa shape index (κ1) is 7.54. The number of carboxylic acids is 1. The summed E-state index contributed by atoms with van der Waals surface area (Å²) in [5.41, 5.74) is 5.59. The van der Waals surface area contributed by atoms with E-state index in [0.717, 1.165) is 12.8 Å². The highest BCUT2D eigenvalue weighted by molar-refractivity contribution is 5.73. The fourth-order valence-electron chi connectivity index (χ4n) is 1.04. The summed E-state index contributed by atoms with van der Waals surface area (Å²) >= 11 is 0. The standard InChI is InChI=1S/C7H13NO2/c1-7(2-3-7)4-5(8)6(9)10/h5H,2-4,8H2,1H3,(H,9,10)/t5-/m1/s1. The number of rotatable bonds is 3. The van der Waals surface area contributed by atoms with Gasteiger partial charge in [-0.1, -0.05) is 6.92 Å². The maximum Gasteiger partial charge on any atom is 0.320 e. The Labute approximate surface area is 60.2 Å². The summed E-state index contributed by atoms with van der Waals surface area (Å²) in [5, 5.41) is 8.45. The second-order valence-electron chi connectivity index (χ2n) is 3.46. The van der Waals surface area contributed by atoms with Gasteiger partial charge in [-0.05, 0) is 24.7 Å². The van der Waals surface area contributed by atoms with Crippen LogP contribution in [-0.4, -0.2) is 17.1 Å². The number of carboxylic acid groups (broad SMARTS) is 1. The van der Waals surface area contributed by atoms with Crippen molar-refractivity contribution < 1.29 is 9.90 Å². The zero-order chi connectivity index (χ0) is 7.78. The summed E-state index contributed by atoms with van der Waals surface area (Å²) in [7, 11) is 0. The van der Waals surface area contributed by atoms with E-state index in [2.05, 4.69) is 6.92 Å². The van der Waals surface area contributed by atoms with Crippen molar-refractivity contribution in [1.29, 1.82) is 0 Å². The Hall–Kier alpha value is -0.570. The maximum absolute atomic E-state index is 10.3. The molecule has 1 fully saturated rings. The third-order valence-corrected chi connectivity index (χ3v) is 2.13. The monoisotopic (exact) mass is 143 g/mol. The molecule has 1 saturated carbocycles. The Morgan fingerprint density at radius 2 is 2.30 bits per heavy atom. The Bertz CT molecular complexity index is 152. The van der Waals surface area contributed by atoms with Crippen LogP contribution in [0.25, 0.3) is 0 Å². The minimum absolute atomic E-state index is 0.248. The van der Waals surface area contributed by atoms with Crippen molar-refractivity contribution in [3.05, 3.63) is 0 Å². The molecule has 3 nitrogen and oxygen atoms in total. The molecule has 0 unspecified atom stereocenters. The molecule has 1 atom stereocenters. The van der Waals surface area contributed by atoms with Gasteiger partial charge in [-0.2, -0.15) is 0 Å². The van der Waals surface area contributed by atoms with Crippen LogP contribution in [-0.2, 0) is 4.79 Å². The fourth-order valence-corrected chi connectivity index (χ4v) is 1.04. The molecule has 3 heteroatoms. The summed E-state index contributed by atoms with van der Waals surface area (Å²) in [5.74, 6) is -0.881. The molecule has 0 radical (unpaired) electrons. The van der Waals surface area contributed by atoms with Gasteiger partial charge in [0.05, 0.1) is 0 Å².